The third-order valence-corrected chi connectivity index (χ3v) is 4.96. The van der Waals surface area contributed by atoms with Gasteiger partial charge in [0.15, 0.2) is 6.04 Å². The lowest BCUT2D eigenvalue weighted by atomic mass is 10.00. The van der Waals surface area contributed by atoms with Gasteiger partial charge in [0.05, 0.1) is 0 Å². The van der Waals surface area contributed by atoms with E-state index in [1.165, 1.54) is 6.07 Å². The fourth-order valence-corrected chi connectivity index (χ4v) is 3.27. The second-order valence-electron chi connectivity index (χ2n) is 6.83. The molecule has 1 heterocycles. The zero-order valence-electron chi connectivity index (χ0n) is 16.1. The van der Waals surface area contributed by atoms with Crippen molar-refractivity contribution in [2.24, 2.45) is 0 Å². The second-order valence-corrected chi connectivity index (χ2v) is 6.83. The van der Waals surface area contributed by atoms with Crippen molar-refractivity contribution in [2.45, 2.75) is 32.7 Å². The Balaban J connectivity index is 1.80. The molecule has 3 N–H and O–H groups in total. The molecule has 0 aliphatic rings. The monoisotopic (exact) mass is 395 g/mol. The molecule has 3 rings (SSSR count). The quantitative estimate of drug-likeness (QED) is 0.553. The van der Waals surface area contributed by atoms with Crippen LogP contribution < -0.4 is 10.9 Å². The average molecular weight is 395 g/mol. The summed E-state index contributed by atoms with van der Waals surface area (Å²) < 4.78 is 5.36. The number of carboxylic acids is 1. The molecule has 150 valence electrons. The lowest BCUT2D eigenvalue weighted by molar-refractivity contribution is -0.142. The highest BCUT2D eigenvalue weighted by atomic mass is 16.4. The number of aliphatic carboxylic acids is 1. The third-order valence-electron chi connectivity index (χ3n) is 4.96. The smallest absolute Gasteiger partial charge is 0.339 e. The number of fused-ring (bicyclic) bond motifs is 1. The molecule has 7 nitrogen and oxygen atoms in total. The Labute approximate surface area is 166 Å². The Morgan fingerprint density at radius 2 is 1.76 bits per heavy atom. The van der Waals surface area contributed by atoms with Crippen molar-refractivity contribution in [3.63, 3.8) is 0 Å². The first kappa shape index (κ1) is 20.1. The summed E-state index contributed by atoms with van der Waals surface area (Å²) in [6.07, 6.45) is 0.0434. The van der Waals surface area contributed by atoms with Gasteiger partial charge in [-0.25, -0.2) is 9.59 Å². The SMILES string of the molecule is Cc1c(CCC(=O)N[C@H](C(=O)O)c2ccccc2)c(=O)oc2c(C)c(O)ccc12. The van der Waals surface area contributed by atoms with Gasteiger partial charge >= 0.3 is 11.6 Å². The van der Waals surface area contributed by atoms with Gasteiger partial charge in [-0.2, -0.15) is 0 Å². The van der Waals surface area contributed by atoms with E-state index in [0.717, 1.165) is 0 Å². The number of benzene rings is 2. The van der Waals surface area contributed by atoms with E-state index >= 15 is 0 Å². The van der Waals surface area contributed by atoms with Crippen molar-refractivity contribution in [2.75, 3.05) is 0 Å². The summed E-state index contributed by atoms with van der Waals surface area (Å²) >= 11 is 0. The van der Waals surface area contributed by atoms with Crippen LogP contribution in [0.2, 0.25) is 0 Å². The molecule has 0 saturated carbocycles. The molecule has 0 fully saturated rings. The molecule has 0 aliphatic heterocycles. The van der Waals surface area contributed by atoms with Crippen LogP contribution in [0.3, 0.4) is 0 Å². The van der Waals surface area contributed by atoms with Crippen molar-refractivity contribution in [1.29, 1.82) is 0 Å². The summed E-state index contributed by atoms with van der Waals surface area (Å²) in [6, 6.07) is 10.4. The third kappa shape index (κ3) is 4.13. The summed E-state index contributed by atoms with van der Waals surface area (Å²) in [6.45, 7) is 3.41. The van der Waals surface area contributed by atoms with Gasteiger partial charge in [0.25, 0.3) is 0 Å². The highest BCUT2D eigenvalue weighted by Gasteiger charge is 2.22. The molecular weight excluding hydrogens is 374 g/mol. The molecule has 3 aromatic rings. The lowest BCUT2D eigenvalue weighted by Crippen LogP contribution is -2.34. The van der Waals surface area contributed by atoms with E-state index in [2.05, 4.69) is 5.32 Å². The Bertz CT molecular complexity index is 1130. The van der Waals surface area contributed by atoms with Crippen molar-refractivity contribution in [3.05, 3.63) is 75.1 Å². The van der Waals surface area contributed by atoms with E-state index in [1.807, 2.05) is 0 Å². The Hall–Kier alpha value is -3.61. The zero-order valence-corrected chi connectivity index (χ0v) is 16.1. The molecule has 0 bridgehead atoms. The van der Waals surface area contributed by atoms with Crippen LogP contribution in [0, 0.1) is 13.8 Å². The van der Waals surface area contributed by atoms with E-state index < -0.39 is 23.5 Å². The largest absolute Gasteiger partial charge is 0.508 e. The van der Waals surface area contributed by atoms with E-state index in [0.29, 0.717) is 33.2 Å². The number of nitrogens with one attached hydrogen (secondary N) is 1. The number of carbonyl (C=O) groups excluding carboxylic acids is 1. The molecule has 7 heteroatoms. The van der Waals surface area contributed by atoms with Gasteiger partial charge in [-0.3, -0.25) is 4.79 Å². The normalized spacial score (nSPS) is 11.9. The minimum absolute atomic E-state index is 0.0350. The van der Waals surface area contributed by atoms with Gasteiger partial charge in [0.1, 0.15) is 11.3 Å². The van der Waals surface area contributed by atoms with Gasteiger partial charge in [-0.05, 0) is 43.5 Å². The Morgan fingerprint density at radius 1 is 1.07 bits per heavy atom. The summed E-state index contributed by atoms with van der Waals surface area (Å²) in [7, 11) is 0. The minimum atomic E-state index is -1.17. The van der Waals surface area contributed by atoms with E-state index in [4.69, 9.17) is 4.42 Å². The predicted octanol–water partition coefficient (Wildman–Crippen LogP) is 2.99. The van der Waals surface area contributed by atoms with E-state index in [9.17, 15) is 24.6 Å². The topological polar surface area (TPSA) is 117 Å². The number of aryl methyl sites for hydroxylation is 2. The standard InChI is InChI=1S/C22H21NO6/c1-12-15-8-10-17(24)13(2)20(15)29-22(28)16(12)9-11-18(25)23-19(21(26)27)14-6-4-3-5-7-14/h3-8,10,19,24H,9,11H2,1-2H3,(H,23,25)(H,26,27)/t19-/m0/s1. The number of carbonyl (C=O) groups is 2. The number of hydrogen-bond acceptors (Lipinski definition) is 5. The molecule has 29 heavy (non-hydrogen) atoms. The number of phenols is 1. The summed E-state index contributed by atoms with van der Waals surface area (Å²) in [5.74, 6) is -1.61. The first-order chi connectivity index (χ1) is 13.8. The molecule has 2 aromatic carbocycles. The average Bonchev–Trinajstić information content (AvgIpc) is 2.69. The number of hydrogen-bond donors (Lipinski definition) is 3. The molecule has 1 aromatic heterocycles. The fourth-order valence-electron chi connectivity index (χ4n) is 3.27. The molecule has 0 saturated heterocycles. The highest BCUT2D eigenvalue weighted by Crippen LogP contribution is 2.28. The molecule has 0 unspecified atom stereocenters. The maximum absolute atomic E-state index is 12.4. The van der Waals surface area contributed by atoms with Crippen molar-refractivity contribution in [3.8, 4) is 5.75 Å². The summed E-state index contributed by atoms with van der Waals surface area (Å²) in [5, 5.41) is 22.4. The van der Waals surface area contributed by atoms with Crippen LogP contribution in [0.1, 0.15) is 34.7 Å². The van der Waals surface area contributed by atoms with Crippen LogP contribution in [0.5, 0.6) is 5.75 Å². The van der Waals surface area contributed by atoms with Crippen LogP contribution >= 0.6 is 0 Å². The second kappa shape index (κ2) is 8.18. The molecule has 0 radical (unpaired) electrons. The van der Waals surface area contributed by atoms with Crippen molar-refractivity contribution in [1.82, 2.24) is 5.32 Å². The predicted molar refractivity (Wildman–Crippen MR) is 107 cm³/mol. The fraction of sp³-hybridized carbons (Fsp3) is 0.227. The number of phenolic OH excluding ortho intramolecular Hbond substituents is 1. The van der Waals surface area contributed by atoms with Gasteiger partial charge in [0.2, 0.25) is 5.91 Å². The number of carboxylic acid groups (broad SMARTS) is 1. The van der Waals surface area contributed by atoms with Crippen molar-refractivity contribution < 1.29 is 24.2 Å². The maximum atomic E-state index is 12.4. The molecule has 0 spiro atoms. The first-order valence-electron chi connectivity index (χ1n) is 9.11. The molecule has 0 aliphatic carbocycles. The first-order valence-corrected chi connectivity index (χ1v) is 9.11. The van der Waals surface area contributed by atoms with Gasteiger partial charge in [0, 0.05) is 22.9 Å². The van der Waals surface area contributed by atoms with Crippen molar-refractivity contribution >= 4 is 22.8 Å². The van der Waals surface area contributed by atoms with Gasteiger partial charge < -0.3 is 19.9 Å². The molecule has 1 amide bonds. The summed E-state index contributed by atoms with van der Waals surface area (Å²) in [5.41, 5.74) is 1.70. The lowest BCUT2D eigenvalue weighted by Gasteiger charge is -2.15. The van der Waals surface area contributed by atoms with Crippen LogP contribution in [0.25, 0.3) is 11.0 Å². The number of amides is 1. The van der Waals surface area contributed by atoms with Crippen LogP contribution in [0.4, 0.5) is 0 Å². The Morgan fingerprint density at radius 3 is 2.41 bits per heavy atom. The Kier molecular flexibility index (Phi) is 5.68. The number of rotatable bonds is 6. The molecule has 1 atom stereocenters. The van der Waals surface area contributed by atoms with E-state index in [-0.39, 0.29) is 18.6 Å². The number of aromatic hydroxyl groups is 1. The highest BCUT2D eigenvalue weighted by molar-refractivity contribution is 5.86. The summed E-state index contributed by atoms with van der Waals surface area (Å²) in [4.78, 5) is 36.3. The van der Waals surface area contributed by atoms with E-state index in [1.54, 1.807) is 50.2 Å². The van der Waals surface area contributed by atoms with Crippen LogP contribution in [-0.2, 0) is 16.0 Å². The van der Waals surface area contributed by atoms with Crippen LogP contribution in [-0.4, -0.2) is 22.1 Å². The van der Waals surface area contributed by atoms with Gasteiger partial charge in [-0.15, -0.1) is 0 Å². The molecular formula is C22H21NO6. The maximum Gasteiger partial charge on any atom is 0.339 e. The minimum Gasteiger partial charge on any atom is -0.508 e. The zero-order chi connectivity index (χ0) is 21.1. The van der Waals surface area contributed by atoms with Gasteiger partial charge in [-0.1, -0.05) is 30.3 Å². The van der Waals surface area contributed by atoms with Crippen LogP contribution in [0.15, 0.2) is 51.7 Å².